The van der Waals surface area contributed by atoms with Crippen LogP contribution in [0.3, 0.4) is 0 Å². The molecule has 1 N–H and O–H groups in total. The molecule has 110 valence electrons. The predicted molar refractivity (Wildman–Crippen MR) is 80.7 cm³/mol. The first-order chi connectivity index (χ1) is 9.69. The first-order valence-corrected chi connectivity index (χ1v) is 7.80. The van der Waals surface area contributed by atoms with E-state index in [1.54, 1.807) is 0 Å². The van der Waals surface area contributed by atoms with E-state index in [1.807, 2.05) is 19.2 Å². The van der Waals surface area contributed by atoms with Crippen molar-refractivity contribution in [1.29, 1.82) is 0 Å². The SMILES string of the molecule is CNC(Cc1cc(Cl)cc2c1OCC2)C1OCCC1C. The zero-order valence-electron chi connectivity index (χ0n) is 12.1. The number of fused-ring (bicyclic) bond motifs is 1. The second kappa shape index (κ2) is 5.92. The average Bonchev–Trinajstić information content (AvgIpc) is 3.04. The summed E-state index contributed by atoms with van der Waals surface area (Å²) in [6.45, 7) is 3.90. The second-order valence-corrected chi connectivity index (χ2v) is 6.29. The van der Waals surface area contributed by atoms with Gasteiger partial charge in [0.15, 0.2) is 0 Å². The molecule has 0 bridgehead atoms. The molecule has 0 amide bonds. The van der Waals surface area contributed by atoms with E-state index in [9.17, 15) is 0 Å². The summed E-state index contributed by atoms with van der Waals surface area (Å²) in [5, 5.41) is 4.21. The Morgan fingerprint density at radius 2 is 2.25 bits per heavy atom. The molecule has 0 spiro atoms. The van der Waals surface area contributed by atoms with Crippen LogP contribution < -0.4 is 10.1 Å². The summed E-state index contributed by atoms with van der Waals surface area (Å²) in [5.41, 5.74) is 2.44. The van der Waals surface area contributed by atoms with E-state index in [1.165, 1.54) is 11.1 Å². The monoisotopic (exact) mass is 295 g/mol. The van der Waals surface area contributed by atoms with Crippen LogP contribution in [0.1, 0.15) is 24.5 Å². The highest BCUT2D eigenvalue weighted by Crippen LogP contribution is 2.35. The molecule has 3 atom stereocenters. The van der Waals surface area contributed by atoms with Gasteiger partial charge < -0.3 is 14.8 Å². The van der Waals surface area contributed by atoms with E-state index in [2.05, 4.69) is 12.2 Å². The van der Waals surface area contributed by atoms with Crippen LogP contribution in [0.15, 0.2) is 12.1 Å². The van der Waals surface area contributed by atoms with Crippen molar-refractivity contribution in [2.45, 2.75) is 38.3 Å². The molecular weight excluding hydrogens is 274 g/mol. The van der Waals surface area contributed by atoms with Crippen LogP contribution in [0.4, 0.5) is 0 Å². The van der Waals surface area contributed by atoms with Gasteiger partial charge in [-0.2, -0.15) is 0 Å². The fraction of sp³-hybridized carbons (Fsp3) is 0.625. The summed E-state index contributed by atoms with van der Waals surface area (Å²) in [7, 11) is 2.00. The maximum atomic E-state index is 6.24. The largest absolute Gasteiger partial charge is 0.493 e. The molecule has 3 rings (SSSR count). The van der Waals surface area contributed by atoms with E-state index in [0.717, 1.165) is 43.2 Å². The third-order valence-corrected chi connectivity index (χ3v) is 4.70. The lowest BCUT2D eigenvalue weighted by Crippen LogP contribution is -2.42. The molecule has 2 heterocycles. The lowest BCUT2D eigenvalue weighted by molar-refractivity contribution is 0.0632. The Hall–Kier alpha value is -0.770. The molecule has 4 heteroatoms. The molecule has 0 saturated carbocycles. The summed E-state index contributed by atoms with van der Waals surface area (Å²) in [6, 6.07) is 4.37. The van der Waals surface area contributed by atoms with Gasteiger partial charge in [0, 0.05) is 24.1 Å². The standard InChI is InChI=1S/C16H22ClNO2/c1-10-3-5-19-15(10)14(18-2)9-12-8-13(17)7-11-4-6-20-16(11)12/h7-8,10,14-15,18H,3-6,9H2,1-2H3. The van der Waals surface area contributed by atoms with Gasteiger partial charge in [-0.25, -0.2) is 0 Å². The number of ether oxygens (including phenoxy) is 2. The van der Waals surface area contributed by atoms with E-state index < -0.39 is 0 Å². The molecule has 1 fully saturated rings. The van der Waals surface area contributed by atoms with E-state index in [-0.39, 0.29) is 6.10 Å². The quantitative estimate of drug-likeness (QED) is 0.926. The molecule has 20 heavy (non-hydrogen) atoms. The molecule has 0 radical (unpaired) electrons. The fourth-order valence-corrected chi connectivity index (χ4v) is 3.61. The summed E-state index contributed by atoms with van der Waals surface area (Å²) >= 11 is 6.24. The summed E-state index contributed by atoms with van der Waals surface area (Å²) < 4.78 is 11.7. The van der Waals surface area contributed by atoms with Crippen molar-refractivity contribution in [3.05, 3.63) is 28.3 Å². The van der Waals surface area contributed by atoms with Gasteiger partial charge in [0.05, 0.1) is 12.7 Å². The van der Waals surface area contributed by atoms with E-state index in [4.69, 9.17) is 21.1 Å². The topological polar surface area (TPSA) is 30.5 Å². The molecule has 3 unspecified atom stereocenters. The van der Waals surface area contributed by atoms with Crippen LogP contribution in [0.5, 0.6) is 5.75 Å². The Kier molecular flexibility index (Phi) is 4.20. The average molecular weight is 296 g/mol. The normalized spacial score (nSPS) is 26.4. The number of benzene rings is 1. The van der Waals surface area contributed by atoms with Gasteiger partial charge in [0.25, 0.3) is 0 Å². The van der Waals surface area contributed by atoms with Gasteiger partial charge in [-0.1, -0.05) is 18.5 Å². The smallest absolute Gasteiger partial charge is 0.125 e. The molecule has 1 aromatic carbocycles. The summed E-state index contributed by atoms with van der Waals surface area (Å²) in [5.74, 6) is 1.64. The molecule has 1 saturated heterocycles. The van der Waals surface area contributed by atoms with Crippen LogP contribution in [0.25, 0.3) is 0 Å². The Bertz CT molecular complexity index is 492. The summed E-state index contributed by atoms with van der Waals surface area (Å²) in [6.07, 6.45) is 3.28. The van der Waals surface area contributed by atoms with Crippen molar-refractivity contribution in [2.75, 3.05) is 20.3 Å². The lowest BCUT2D eigenvalue weighted by atomic mass is 9.92. The minimum absolute atomic E-state index is 0.274. The molecule has 1 aromatic rings. The van der Waals surface area contributed by atoms with Crippen LogP contribution in [-0.4, -0.2) is 32.4 Å². The number of hydrogen-bond acceptors (Lipinski definition) is 3. The van der Waals surface area contributed by atoms with Gasteiger partial charge in [-0.15, -0.1) is 0 Å². The van der Waals surface area contributed by atoms with Crippen molar-refractivity contribution in [2.24, 2.45) is 5.92 Å². The van der Waals surface area contributed by atoms with Gasteiger partial charge in [-0.05, 0) is 49.1 Å². The maximum absolute atomic E-state index is 6.24. The van der Waals surface area contributed by atoms with Gasteiger partial charge in [0.1, 0.15) is 5.75 Å². The highest BCUT2D eigenvalue weighted by molar-refractivity contribution is 6.30. The maximum Gasteiger partial charge on any atom is 0.125 e. The number of halogens is 1. The Morgan fingerprint density at radius 1 is 1.40 bits per heavy atom. The first-order valence-electron chi connectivity index (χ1n) is 7.42. The van der Waals surface area contributed by atoms with E-state index in [0.29, 0.717) is 12.0 Å². The highest BCUT2D eigenvalue weighted by Gasteiger charge is 2.32. The highest BCUT2D eigenvalue weighted by atomic mass is 35.5. The van der Waals surface area contributed by atoms with Crippen molar-refractivity contribution in [3.8, 4) is 5.75 Å². The minimum atomic E-state index is 0.274. The zero-order chi connectivity index (χ0) is 14.1. The molecule has 0 aromatic heterocycles. The van der Waals surface area contributed by atoms with Gasteiger partial charge in [-0.3, -0.25) is 0 Å². The first kappa shape index (κ1) is 14.2. The Labute approximate surface area is 125 Å². The number of likely N-dealkylation sites (N-methyl/N-ethyl adjacent to an activating group) is 1. The van der Waals surface area contributed by atoms with Crippen molar-refractivity contribution in [1.82, 2.24) is 5.32 Å². The number of hydrogen-bond donors (Lipinski definition) is 1. The zero-order valence-corrected chi connectivity index (χ0v) is 12.9. The molecule has 2 aliphatic heterocycles. The fourth-order valence-electron chi connectivity index (χ4n) is 3.35. The van der Waals surface area contributed by atoms with Gasteiger partial charge in [0.2, 0.25) is 0 Å². The van der Waals surface area contributed by atoms with Crippen LogP contribution in [-0.2, 0) is 17.6 Å². The molecule has 3 nitrogen and oxygen atoms in total. The predicted octanol–water partition coefficient (Wildman–Crippen LogP) is 2.83. The van der Waals surface area contributed by atoms with Gasteiger partial charge >= 0.3 is 0 Å². The van der Waals surface area contributed by atoms with Crippen molar-refractivity contribution in [3.63, 3.8) is 0 Å². The minimum Gasteiger partial charge on any atom is -0.493 e. The number of nitrogens with one attached hydrogen (secondary N) is 1. The van der Waals surface area contributed by atoms with Crippen molar-refractivity contribution < 1.29 is 9.47 Å². The Balaban J connectivity index is 1.82. The van der Waals surface area contributed by atoms with Crippen LogP contribution >= 0.6 is 11.6 Å². The lowest BCUT2D eigenvalue weighted by Gasteiger charge is -2.26. The Morgan fingerprint density at radius 3 is 2.95 bits per heavy atom. The number of rotatable bonds is 4. The summed E-state index contributed by atoms with van der Waals surface area (Å²) in [4.78, 5) is 0. The third-order valence-electron chi connectivity index (χ3n) is 4.48. The van der Waals surface area contributed by atoms with Crippen molar-refractivity contribution >= 4 is 11.6 Å². The van der Waals surface area contributed by atoms with Crippen LogP contribution in [0.2, 0.25) is 5.02 Å². The third kappa shape index (κ3) is 2.67. The van der Waals surface area contributed by atoms with E-state index >= 15 is 0 Å². The molecule has 0 aliphatic carbocycles. The molecular formula is C16H22ClNO2. The molecule has 2 aliphatic rings. The van der Waals surface area contributed by atoms with Crippen LogP contribution in [0, 0.1) is 5.92 Å². The second-order valence-electron chi connectivity index (χ2n) is 5.85.